The van der Waals surface area contributed by atoms with Gasteiger partial charge in [-0.15, -0.1) is 0 Å². The number of Topliss-reactive ketones (excluding diaryl/α,β-unsaturated/α-hetero) is 1. The van der Waals surface area contributed by atoms with Crippen molar-refractivity contribution in [2.75, 3.05) is 0 Å². The first-order chi connectivity index (χ1) is 13.3. The zero-order chi connectivity index (χ0) is 20.3. The Morgan fingerprint density at radius 3 is 2.43 bits per heavy atom. The number of carbonyl (C=O) groups excluding carboxylic acids is 1. The second-order valence-electron chi connectivity index (χ2n) is 6.10. The van der Waals surface area contributed by atoms with Crippen LogP contribution in [0.3, 0.4) is 0 Å². The normalized spacial score (nSPS) is 16.7. The van der Waals surface area contributed by atoms with Gasteiger partial charge >= 0.3 is 16.1 Å². The van der Waals surface area contributed by atoms with Gasteiger partial charge in [0.25, 0.3) is 0 Å². The first-order valence-corrected chi connectivity index (χ1v) is 9.81. The summed E-state index contributed by atoms with van der Waals surface area (Å²) >= 11 is 0. The van der Waals surface area contributed by atoms with Crippen LogP contribution in [0.1, 0.15) is 22.8 Å². The zero-order valence-electron chi connectivity index (χ0n) is 14.6. The number of carboxylic acid groups (broad SMARTS) is 1. The highest BCUT2D eigenvalue weighted by atomic mass is 32.2. The molecule has 0 spiro atoms. The predicted octanol–water partition coefficient (Wildman–Crippen LogP) is 1.63. The molecule has 146 valence electrons. The molecule has 9 heteroatoms. The summed E-state index contributed by atoms with van der Waals surface area (Å²) in [5.41, 5.74) is 6.81. The van der Waals surface area contributed by atoms with Crippen LogP contribution in [0.25, 0.3) is 0 Å². The van der Waals surface area contributed by atoms with Crippen molar-refractivity contribution in [2.24, 2.45) is 5.73 Å². The van der Waals surface area contributed by atoms with E-state index in [0.29, 0.717) is 11.1 Å². The number of hydrogen-bond donors (Lipinski definition) is 2. The van der Waals surface area contributed by atoms with Crippen LogP contribution in [0.15, 0.2) is 66.2 Å². The molecule has 0 aromatic heterocycles. The lowest BCUT2D eigenvalue weighted by Gasteiger charge is -2.14. The molecule has 1 aliphatic rings. The number of nitrogens with two attached hydrogens (primary N) is 1. The summed E-state index contributed by atoms with van der Waals surface area (Å²) in [4.78, 5) is 23.7. The fraction of sp³-hybridized carbons (Fsp3) is 0.158. The van der Waals surface area contributed by atoms with Gasteiger partial charge in [-0.05, 0) is 11.1 Å². The summed E-state index contributed by atoms with van der Waals surface area (Å²) in [6.07, 6.45) is -1.59. The van der Waals surface area contributed by atoms with Crippen LogP contribution in [-0.2, 0) is 40.8 Å². The number of ketones is 1. The van der Waals surface area contributed by atoms with Crippen LogP contribution in [0.5, 0.6) is 0 Å². The van der Waals surface area contributed by atoms with Crippen molar-refractivity contribution < 1.29 is 32.0 Å². The molecular formula is C19H17NO7S. The second-order valence-corrected chi connectivity index (χ2v) is 7.67. The maximum atomic E-state index is 12.7. The van der Waals surface area contributed by atoms with Gasteiger partial charge in [-0.3, -0.25) is 9.59 Å². The van der Waals surface area contributed by atoms with E-state index in [9.17, 15) is 18.0 Å². The van der Waals surface area contributed by atoms with E-state index in [1.165, 1.54) is 6.07 Å². The number of ether oxygens (including phenoxy) is 1. The van der Waals surface area contributed by atoms with Crippen LogP contribution < -0.4 is 5.73 Å². The molecule has 3 N–H and O–H groups in total. The maximum Gasteiger partial charge on any atom is 0.313 e. The van der Waals surface area contributed by atoms with Gasteiger partial charge in [-0.1, -0.05) is 54.6 Å². The number of rotatable bonds is 7. The van der Waals surface area contributed by atoms with Crippen LogP contribution in [0.2, 0.25) is 0 Å². The van der Waals surface area contributed by atoms with Crippen LogP contribution in [-0.4, -0.2) is 25.3 Å². The van der Waals surface area contributed by atoms with Crippen LogP contribution in [0, 0.1) is 0 Å². The highest BCUT2D eigenvalue weighted by Crippen LogP contribution is 2.34. The molecular weight excluding hydrogens is 386 g/mol. The lowest BCUT2D eigenvalue weighted by Crippen LogP contribution is -2.17. The predicted molar refractivity (Wildman–Crippen MR) is 98.0 cm³/mol. The van der Waals surface area contributed by atoms with E-state index in [2.05, 4.69) is 0 Å². The fourth-order valence-electron chi connectivity index (χ4n) is 2.81. The number of carbonyl (C=O) groups is 2. The molecule has 0 bridgehead atoms. The molecule has 1 atom stereocenters. The smallest absolute Gasteiger partial charge is 0.313 e. The summed E-state index contributed by atoms with van der Waals surface area (Å²) < 4.78 is 34.9. The van der Waals surface area contributed by atoms with E-state index >= 15 is 0 Å². The molecule has 3 rings (SSSR count). The molecule has 0 aliphatic carbocycles. The van der Waals surface area contributed by atoms with Gasteiger partial charge in [0.1, 0.15) is 5.75 Å². The fourth-order valence-corrected chi connectivity index (χ4v) is 3.89. The summed E-state index contributed by atoms with van der Waals surface area (Å²) in [5, 5.41) is 9.03. The van der Waals surface area contributed by atoms with E-state index in [0.717, 1.165) is 0 Å². The average Bonchev–Trinajstić information content (AvgIpc) is 2.90. The molecule has 0 amide bonds. The Kier molecular flexibility index (Phi) is 5.36. The van der Waals surface area contributed by atoms with Crippen LogP contribution in [0.4, 0.5) is 0 Å². The van der Waals surface area contributed by atoms with Gasteiger partial charge in [0.05, 0.1) is 6.42 Å². The molecule has 0 saturated heterocycles. The zero-order valence-corrected chi connectivity index (χ0v) is 15.4. The molecule has 0 fully saturated rings. The minimum Gasteiger partial charge on any atom is -0.481 e. The van der Waals surface area contributed by atoms with Crippen molar-refractivity contribution >= 4 is 21.9 Å². The SMILES string of the molecule is NC1=C(OS(=O)(=O)Cc2ccccc2)C(=O)C(c2ccccc2CC(=O)O)O1. The molecule has 1 heterocycles. The quantitative estimate of drug-likeness (QED) is 0.667. The Balaban J connectivity index is 1.81. The van der Waals surface area contributed by atoms with Gasteiger partial charge in [0.15, 0.2) is 6.10 Å². The van der Waals surface area contributed by atoms with Crippen molar-refractivity contribution in [3.05, 3.63) is 82.9 Å². The second kappa shape index (κ2) is 7.73. The van der Waals surface area contributed by atoms with Crippen molar-refractivity contribution in [1.82, 2.24) is 0 Å². The largest absolute Gasteiger partial charge is 0.481 e. The Morgan fingerprint density at radius 1 is 1.11 bits per heavy atom. The van der Waals surface area contributed by atoms with Gasteiger partial charge in [-0.2, -0.15) is 8.42 Å². The van der Waals surface area contributed by atoms with Crippen molar-refractivity contribution in [3.63, 3.8) is 0 Å². The van der Waals surface area contributed by atoms with E-state index in [-0.39, 0.29) is 12.0 Å². The molecule has 2 aromatic carbocycles. The molecule has 1 unspecified atom stereocenters. The number of carboxylic acids is 1. The third-order valence-electron chi connectivity index (χ3n) is 4.01. The molecule has 8 nitrogen and oxygen atoms in total. The lowest BCUT2D eigenvalue weighted by molar-refractivity contribution is -0.136. The van der Waals surface area contributed by atoms with Crippen LogP contribution >= 0.6 is 0 Å². The minimum atomic E-state index is -4.15. The standard InChI is InChI=1S/C19H17NO7S/c20-19-18(27-28(24,25)11-12-6-2-1-3-7-12)16(23)17(26-19)14-9-5-4-8-13(14)10-15(21)22/h1-9,17H,10-11,20H2,(H,21,22). The Morgan fingerprint density at radius 2 is 1.75 bits per heavy atom. The first kappa shape index (κ1) is 19.4. The van der Waals surface area contributed by atoms with Crippen molar-refractivity contribution in [3.8, 4) is 0 Å². The molecule has 0 radical (unpaired) electrons. The Labute approximate surface area is 161 Å². The van der Waals surface area contributed by atoms with Gasteiger partial charge < -0.3 is 19.8 Å². The van der Waals surface area contributed by atoms with Gasteiger partial charge in [0.2, 0.25) is 17.4 Å². The third-order valence-corrected chi connectivity index (χ3v) is 5.11. The van der Waals surface area contributed by atoms with E-state index in [1.807, 2.05) is 0 Å². The third kappa shape index (κ3) is 4.32. The summed E-state index contributed by atoms with van der Waals surface area (Å²) in [6, 6.07) is 14.6. The Bertz CT molecular complexity index is 1040. The van der Waals surface area contributed by atoms with E-state index in [1.54, 1.807) is 48.5 Å². The number of benzene rings is 2. The molecule has 0 saturated carbocycles. The highest BCUT2D eigenvalue weighted by molar-refractivity contribution is 7.86. The van der Waals surface area contributed by atoms with Crippen molar-refractivity contribution in [1.29, 1.82) is 0 Å². The van der Waals surface area contributed by atoms with E-state index in [4.69, 9.17) is 19.8 Å². The minimum absolute atomic E-state index is 0.289. The average molecular weight is 403 g/mol. The molecule has 2 aromatic rings. The van der Waals surface area contributed by atoms with Gasteiger partial charge in [-0.25, -0.2) is 0 Å². The molecule has 1 aliphatic heterocycles. The summed E-state index contributed by atoms with van der Waals surface area (Å²) in [5.74, 6) is -3.38. The topological polar surface area (TPSA) is 133 Å². The monoisotopic (exact) mass is 403 g/mol. The number of hydrogen-bond acceptors (Lipinski definition) is 7. The Hall–Kier alpha value is -3.33. The van der Waals surface area contributed by atoms with Gasteiger partial charge in [0, 0.05) is 5.56 Å². The maximum absolute atomic E-state index is 12.7. The summed E-state index contributed by atoms with van der Waals surface area (Å²) in [6.45, 7) is 0. The summed E-state index contributed by atoms with van der Waals surface area (Å²) in [7, 11) is -4.15. The number of aliphatic carboxylic acids is 1. The molecule has 28 heavy (non-hydrogen) atoms. The first-order valence-electron chi connectivity index (χ1n) is 8.23. The lowest BCUT2D eigenvalue weighted by atomic mass is 9.97. The highest BCUT2D eigenvalue weighted by Gasteiger charge is 2.40. The van der Waals surface area contributed by atoms with E-state index < -0.39 is 45.4 Å². The van der Waals surface area contributed by atoms with Crippen molar-refractivity contribution in [2.45, 2.75) is 18.3 Å².